The van der Waals surface area contributed by atoms with Gasteiger partial charge in [0.05, 0.1) is 12.7 Å². The molecule has 1 aliphatic heterocycles. The summed E-state index contributed by atoms with van der Waals surface area (Å²) < 4.78 is 15.6. The van der Waals surface area contributed by atoms with Crippen LogP contribution in [0.3, 0.4) is 0 Å². The van der Waals surface area contributed by atoms with E-state index in [4.69, 9.17) is 14.2 Å². The number of hydrogen-bond acceptors (Lipinski definition) is 6. The van der Waals surface area contributed by atoms with E-state index < -0.39 is 24.1 Å². The van der Waals surface area contributed by atoms with Crippen LogP contribution in [0.4, 0.5) is 4.79 Å². The zero-order valence-electron chi connectivity index (χ0n) is 16.7. The van der Waals surface area contributed by atoms with Crippen molar-refractivity contribution in [3.8, 4) is 0 Å². The average molecular weight is 409 g/mol. The first kappa shape index (κ1) is 21.1. The van der Waals surface area contributed by atoms with Crippen molar-refractivity contribution < 1.29 is 28.6 Å². The number of methoxy groups -OCH3 is 1. The summed E-state index contributed by atoms with van der Waals surface area (Å²) in [6.45, 7) is 0.302. The molecule has 2 aromatic carbocycles. The van der Waals surface area contributed by atoms with E-state index in [1.54, 1.807) is 6.08 Å². The topological polar surface area (TPSA) is 82.1 Å². The third-order valence-corrected chi connectivity index (χ3v) is 4.65. The van der Waals surface area contributed by atoms with E-state index in [0.717, 1.165) is 11.1 Å². The van der Waals surface area contributed by atoms with Crippen molar-refractivity contribution in [1.29, 1.82) is 0 Å². The first-order chi connectivity index (χ1) is 14.6. The lowest BCUT2D eigenvalue weighted by Gasteiger charge is -2.33. The Hall–Kier alpha value is -3.61. The summed E-state index contributed by atoms with van der Waals surface area (Å²) in [5.74, 6) is -1.40. The Labute approximate surface area is 174 Å². The van der Waals surface area contributed by atoms with Gasteiger partial charge in [-0.3, -0.25) is 4.90 Å². The van der Waals surface area contributed by atoms with Gasteiger partial charge in [-0.25, -0.2) is 14.4 Å². The van der Waals surface area contributed by atoms with Crippen LogP contribution in [-0.4, -0.2) is 42.6 Å². The van der Waals surface area contributed by atoms with E-state index >= 15 is 0 Å². The van der Waals surface area contributed by atoms with E-state index in [-0.39, 0.29) is 25.3 Å². The molecule has 0 N–H and O–H groups in total. The Morgan fingerprint density at radius 1 is 0.900 bits per heavy atom. The fraction of sp³-hybridized carbons (Fsp3) is 0.261. The fourth-order valence-corrected chi connectivity index (χ4v) is 3.14. The number of carbonyl (C=O) groups is 3. The van der Waals surface area contributed by atoms with Crippen molar-refractivity contribution in [2.45, 2.75) is 25.7 Å². The van der Waals surface area contributed by atoms with Gasteiger partial charge >= 0.3 is 18.0 Å². The Kier molecular flexibility index (Phi) is 7.21. The lowest BCUT2D eigenvalue weighted by atomic mass is 10.00. The predicted octanol–water partition coefficient (Wildman–Crippen LogP) is 3.24. The maximum Gasteiger partial charge on any atom is 0.411 e. The quantitative estimate of drug-likeness (QED) is 0.538. The molecule has 0 saturated heterocycles. The highest BCUT2D eigenvalue weighted by Gasteiger charge is 2.40. The first-order valence-electron chi connectivity index (χ1n) is 9.56. The van der Waals surface area contributed by atoms with Gasteiger partial charge in [0.15, 0.2) is 6.04 Å². The Morgan fingerprint density at radius 2 is 1.47 bits per heavy atom. The molecule has 0 aliphatic carbocycles. The molecule has 0 bridgehead atoms. The van der Waals surface area contributed by atoms with Gasteiger partial charge in [-0.05, 0) is 17.5 Å². The predicted molar refractivity (Wildman–Crippen MR) is 108 cm³/mol. The van der Waals surface area contributed by atoms with Crippen LogP contribution in [0.2, 0.25) is 0 Å². The lowest BCUT2D eigenvalue weighted by molar-refractivity contribution is -0.152. The maximum absolute atomic E-state index is 12.9. The van der Waals surface area contributed by atoms with Gasteiger partial charge < -0.3 is 14.2 Å². The molecule has 0 saturated carbocycles. The number of hydrogen-bond donors (Lipinski definition) is 0. The van der Waals surface area contributed by atoms with E-state index in [0.29, 0.717) is 6.42 Å². The second kappa shape index (κ2) is 10.2. The molecule has 3 rings (SSSR count). The van der Waals surface area contributed by atoms with Gasteiger partial charge in [-0.15, -0.1) is 0 Å². The highest BCUT2D eigenvalue weighted by molar-refractivity contribution is 5.99. The number of rotatable bonds is 6. The van der Waals surface area contributed by atoms with Crippen molar-refractivity contribution in [1.82, 2.24) is 4.90 Å². The smallest absolute Gasteiger partial charge is 0.411 e. The average Bonchev–Trinajstić information content (AvgIpc) is 2.81. The zero-order chi connectivity index (χ0) is 21.3. The standard InChI is InChI=1S/C23H23NO6/c1-28-21(25)19-13-8-14-24(23(27)30-16-18-11-6-3-7-12-18)20(19)22(26)29-15-17-9-4-2-5-10-17/h2-7,9-13,20H,8,14-16H2,1H3. The van der Waals surface area contributed by atoms with Crippen LogP contribution >= 0.6 is 0 Å². The van der Waals surface area contributed by atoms with Crippen LogP contribution in [-0.2, 0) is 37.0 Å². The number of amides is 1. The summed E-state index contributed by atoms with van der Waals surface area (Å²) >= 11 is 0. The third kappa shape index (κ3) is 5.26. The van der Waals surface area contributed by atoms with Crippen LogP contribution in [0.5, 0.6) is 0 Å². The molecule has 1 amide bonds. The summed E-state index contributed by atoms with van der Waals surface area (Å²) in [4.78, 5) is 39.0. The van der Waals surface area contributed by atoms with Crippen molar-refractivity contribution in [3.05, 3.63) is 83.4 Å². The monoisotopic (exact) mass is 409 g/mol. The highest BCUT2D eigenvalue weighted by Crippen LogP contribution is 2.23. The van der Waals surface area contributed by atoms with E-state index in [1.807, 2.05) is 60.7 Å². The number of benzene rings is 2. The van der Waals surface area contributed by atoms with Crippen LogP contribution in [0.15, 0.2) is 72.3 Å². The van der Waals surface area contributed by atoms with E-state index in [1.165, 1.54) is 12.0 Å². The Bertz CT molecular complexity index is 910. The summed E-state index contributed by atoms with van der Waals surface area (Å²) in [5, 5.41) is 0. The number of carbonyl (C=O) groups excluding carboxylic acids is 3. The molecule has 30 heavy (non-hydrogen) atoms. The van der Waals surface area contributed by atoms with Gasteiger partial charge in [-0.2, -0.15) is 0 Å². The van der Waals surface area contributed by atoms with Crippen molar-refractivity contribution in [3.63, 3.8) is 0 Å². The minimum absolute atomic E-state index is 0.0253. The molecule has 0 radical (unpaired) electrons. The van der Waals surface area contributed by atoms with Crippen LogP contribution in [0.1, 0.15) is 17.5 Å². The van der Waals surface area contributed by atoms with Crippen LogP contribution < -0.4 is 0 Å². The summed E-state index contributed by atoms with van der Waals surface area (Å²) in [6, 6.07) is 17.1. The molecule has 0 spiro atoms. The molecule has 0 fully saturated rings. The van der Waals surface area contributed by atoms with Crippen LogP contribution in [0, 0.1) is 0 Å². The molecule has 0 aromatic heterocycles. The van der Waals surface area contributed by atoms with Gasteiger partial charge in [-0.1, -0.05) is 66.7 Å². The normalized spacial score (nSPS) is 15.7. The third-order valence-electron chi connectivity index (χ3n) is 4.65. The van der Waals surface area contributed by atoms with Gasteiger partial charge in [0.25, 0.3) is 0 Å². The van der Waals surface area contributed by atoms with Gasteiger partial charge in [0, 0.05) is 6.54 Å². The first-order valence-corrected chi connectivity index (χ1v) is 9.56. The van der Waals surface area contributed by atoms with Crippen LogP contribution in [0.25, 0.3) is 0 Å². The minimum atomic E-state index is -1.22. The van der Waals surface area contributed by atoms with E-state index in [2.05, 4.69) is 0 Å². The molecule has 7 heteroatoms. The second-order valence-corrected chi connectivity index (χ2v) is 6.67. The SMILES string of the molecule is COC(=O)C1=CCCN(C(=O)OCc2ccccc2)C1C(=O)OCc1ccccc1. The van der Waals surface area contributed by atoms with Crippen molar-refractivity contribution >= 4 is 18.0 Å². The zero-order valence-corrected chi connectivity index (χ0v) is 16.7. The van der Waals surface area contributed by atoms with Crippen molar-refractivity contribution in [2.75, 3.05) is 13.7 Å². The number of esters is 2. The lowest BCUT2D eigenvalue weighted by Crippen LogP contribution is -2.51. The van der Waals surface area contributed by atoms with Gasteiger partial charge in [0.1, 0.15) is 13.2 Å². The molecule has 7 nitrogen and oxygen atoms in total. The molecular formula is C23H23NO6. The molecule has 156 valence electrons. The summed E-state index contributed by atoms with van der Waals surface area (Å²) in [6.07, 6.45) is 1.30. The number of nitrogens with zero attached hydrogens (tertiary/aromatic N) is 1. The Morgan fingerprint density at radius 3 is 2.03 bits per heavy atom. The maximum atomic E-state index is 12.9. The highest BCUT2D eigenvalue weighted by atomic mass is 16.6. The molecule has 1 atom stereocenters. The molecule has 1 heterocycles. The summed E-state index contributed by atoms with van der Waals surface area (Å²) in [7, 11) is 1.22. The molecule has 1 unspecified atom stereocenters. The summed E-state index contributed by atoms with van der Waals surface area (Å²) in [5.41, 5.74) is 1.68. The van der Waals surface area contributed by atoms with E-state index in [9.17, 15) is 14.4 Å². The molecule has 1 aliphatic rings. The Balaban J connectivity index is 1.74. The second-order valence-electron chi connectivity index (χ2n) is 6.67. The largest absolute Gasteiger partial charge is 0.466 e. The molecular weight excluding hydrogens is 386 g/mol. The molecule has 2 aromatic rings. The minimum Gasteiger partial charge on any atom is -0.466 e. The number of ether oxygens (including phenoxy) is 3. The van der Waals surface area contributed by atoms with Gasteiger partial charge in [0.2, 0.25) is 0 Å². The van der Waals surface area contributed by atoms with Crippen molar-refractivity contribution in [2.24, 2.45) is 0 Å². The fourth-order valence-electron chi connectivity index (χ4n) is 3.14.